The van der Waals surface area contributed by atoms with Crippen molar-refractivity contribution >= 4 is 22.8 Å². The first-order chi connectivity index (χ1) is 9.16. The summed E-state index contributed by atoms with van der Waals surface area (Å²) in [5, 5.41) is 25.3. The molecule has 17 heavy (non-hydrogen) atoms. The minimum absolute atomic E-state index is 0.368. The lowest BCUT2D eigenvalue weighted by Gasteiger charge is -2.02. The Morgan fingerprint density at radius 2 is 2.12 bits per heavy atom. The fraction of sp³-hybridized carbons (Fsp3) is 0.222. The number of anilines is 1. The van der Waals surface area contributed by atoms with Crippen molar-refractivity contribution in [1.29, 1.82) is 0 Å². The minimum atomic E-state index is -1.04. The van der Waals surface area contributed by atoms with Gasteiger partial charge >= 0.3 is 5.69 Å². The molecule has 1 aromatic rings. The van der Waals surface area contributed by atoms with Gasteiger partial charge in [0.25, 0.3) is 5.69 Å². The molecule has 0 spiro atoms. The fourth-order valence-electron chi connectivity index (χ4n) is 0.885. The molecule has 90 valence electrons. The van der Waals surface area contributed by atoms with Crippen molar-refractivity contribution < 1.29 is 14.0 Å². The van der Waals surface area contributed by atoms with Gasteiger partial charge in [-0.25, -0.2) is 0 Å². The number of nitrogens with zero attached hydrogens (tertiary/aromatic N) is 3. The molecule has 8 heteroatoms. The van der Waals surface area contributed by atoms with Gasteiger partial charge in [-0.15, -0.1) is 0 Å². The molecule has 0 aliphatic heterocycles. The third-order valence-electron chi connectivity index (χ3n) is 1.55. The highest BCUT2D eigenvalue weighted by atomic mass is 16.6. The molecule has 0 heterocycles. The van der Waals surface area contributed by atoms with Gasteiger partial charge in [0.2, 0.25) is 0 Å². The van der Waals surface area contributed by atoms with Crippen LogP contribution in [0.3, 0.4) is 0 Å². The maximum Gasteiger partial charge on any atom is 0.301 e. The maximum absolute atomic E-state index is 11.0. The summed E-state index contributed by atoms with van der Waals surface area (Å²) in [6.07, 6.45) is 0. The molecule has 1 N–H and O–H groups in total. The first-order valence-corrected chi connectivity index (χ1v) is 4.40. The van der Waals surface area contributed by atoms with Gasteiger partial charge in [0.1, 0.15) is 5.69 Å². The van der Waals surface area contributed by atoms with Crippen LogP contribution in [0.1, 0.15) is 16.6 Å². The van der Waals surface area contributed by atoms with Gasteiger partial charge in [-0.1, -0.05) is 0 Å². The average molecular weight is 241 g/mol. The molecule has 0 fully saturated rings. The number of nitrogens with one attached hydrogen (secondary N) is 1. The number of nitro groups is 2. The summed E-state index contributed by atoms with van der Waals surface area (Å²) >= 11 is 0. The number of hydrazone groups is 1. The molecule has 0 saturated carbocycles. The molecule has 1 aromatic carbocycles. The highest BCUT2D eigenvalue weighted by Gasteiger charge is 2.18. The summed E-state index contributed by atoms with van der Waals surface area (Å²) in [4.78, 5) is 19.6. The second-order valence-corrected chi connectivity index (χ2v) is 3.16. The van der Waals surface area contributed by atoms with E-state index in [-0.39, 0.29) is 0 Å². The van der Waals surface area contributed by atoms with E-state index in [4.69, 9.17) is 4.15 Å². The maximum atomic E-state index is 11.0. The highest BCUT2D eigenvalue weighted by Crippen LogP contribution is 2.28. The quantitative estimate of drug-likeness (QED) is 0.494. The van der Waals surface area contributed by atoms with Gasteiger partial charge in [0.05, 0.1) is 18.6 Å². The van der Waals surface area contributed by atoms with E-state index >= 15 is 0 Å². The van der Waals surface area contributed by atoms with Gasteiger partial charge < -0.3 is 0 Å². The number of rotatable bonds is 4. The van der Waals surface area contributed by atoms with Crippen LogP contribution >= 0.6 is 0 Å². The molecule has 0 aromatic heterocycles. The van der Waals surface area contributed by atoms with E-state index in [2.05, 4.69) is 5.10 Å². The lowest BCUT2D eigenvalue weighted by Crippen LogP contribution is -1.99. The van der Waals surface area contributed by atoms with Crippen LogP contribution in [0.5, 0.6) is 0 Å². The zero-order chi connectivity index (χ0) is 15.6. The van der Waals surface area contributed by atoms with Crippen LogP contribution in [0.4, 0.5) is 17.1 Å². The largest absolute Gasteiger partial charge is 0.301 e. The Hall–Kier alpha value is -2.51. The second kappa shape index (κ2) is 5.01. The van der Waals surface area contributed by atoms with Crippen molar-refractivity contribution in [1.82, 2.24) is 0 Å². The van der Waals surface area contributed by atoms with Crippen molar-refractivity contribution in [3.63, 3.8) is 0 Å². The van der Waals surface area contributed by atoms with Crippen LogP contribution in [0.15, 0.2) is 23.3 Å². The molecule has 0 saturated heterocycles. The van der Waals surface area contributed by atoms with Crippen LogP contribution in [0.25, 0.3) is 0 Å². The minimum Gasteiger partial charge on any atom is -0.272 e. The summed E-state index contributed by atoms with van der Waals surface area (Å²) < 4.78 is 22.5. The SMILES string of the molecule is [2H]c1cc(N([2H])N=C(C)C)c([N+](=O)[O-])c([2H])c1[N+](=O)[O-]. The monoisotopic (exact) mass is 241 g/mol. The third kappa shape index (κ3) is 3.23. The van der Waals surface area contributed by atoms with E-state index < -0.39 is 39.0 Å². The Morgan fingerprint density at radius 1 is 1.47 bits per heavy atom. The molecular formula is C9H10N4O4. The molecule has 0 unspecified atom stereocenters. The van der Waals surface area contributed by atoms with E-state index in [9.17, 15) is 20.2 Å². The Kier molecular flexibility index (Phi) is 2.54. The summed E-state index contributed by atoms with van der Waals surface area (Å²) in [5.74, 6) is 0. The van der Waals surface area contributed by atoms with E-state index in [1.54, 1.807) is 13.8 Å². The van der Waals surface area contributed by atoms with Gasteiger partial charge in [-0.05, 0) is 19.9 Å². The van der Waals surface area contributed by atoms with Crippen LogP contribution in [-0.4, -0.2) is 15.6 Å². The second-order valence-electron chi connectivity index (χ2n) is 3.16. The molecule has 0 bridgehead atoms. The Morgan fingerprint density at radius 3 is 2.59 bits per heavy atom. The molecule has 0 atom stereocenters. The summed E-state index contributed by atoms with van der Waals surface area (Å²) in [7, 11) is 0. The predicted octanol–water partition coefficient (Wildman–Crippen LogP) is 2.31. The standard InChI is InChI=1S/C9H10N4O4/c1-6(2)10-11-8-4-3-7(12(14)15)5-9(8)13(16)17/h3-5,11H,1-2H3/i3D,5D/hD. The average Bonchev–Trinajstić information content (AvgIpc) is 2.25. The van der Waals surface area contributed by atoms with Gasteiger partial charge in [0.15, 0.2) is 1.41 Å². The predicted molar refractivity (Wildman–Crippen MR) is 62.2 cm³/mol. The van der Waals surface area contributed by atoms with Crippen LogP contribution in [-0.2, 0) is 0 Å². The number of hydrogen-bond acceptors (Lipinski definition) is 6. The number of hydrogen-bond donors (Lipinski definition) is 1. The van der Waals surface area contributed by atoms with Crippen molar-refractivity contribution in [2.24, 2.45) is 5.10 Å². The normalized spacial score (nSPS) is 12.0. The molecule has 0 radical (unpaired) electrons. The fourth-order valence-corrected chi connectivity index (χ4v) is 0.885. The van der Waals surface area contributed by atoms with Crippen LogP contribution in [0.2, 0.25) is 1.41 Å². The van der Waals surface area contributed by atoms with Crippen LogP contribution < -0.4 is 5.42 Å². The van der Waals surface area contributed by atoms with Gasteiger partial charge in [-0.3, -0.25) is 25.6 Å². The Labute approximate surface area is 101 Å². The Balaban J connectivity index is 3.66. The zero-order valence-corrected chi connectivity index (χ0v) is 9.00. The van der Waals surface area contributed by atoms with Crippen molar-refractivity contribution in [3.05, 3.63) is 38.4 Å². The number of nitro benzene ring substituents is 2. The van der Waals surface area contributed by atoms with Crippen LogP contribution in [0, 0.1) is 20.2 Å². The molecule has 8 nitrogen and oxygen atoms in total. The van der Waals surface area contributed by atoms with Gasteiger partial charge in [0, 0.05) is 11.8 Å². The molecule has 0 aliphatic carbocycles. The van der Waals surface area contributed by atoms with Crippen molar-refractivity contribution in [3.8, 4) is 0 Å². The smallest absolute Gasteiger partial charge is 0.272 e. The Bertz CT molecular complexity index is 616. The lowest BCUT2D eigenvalue weighted by atomic mass is 10.2. The number of benzene rings is 1. The van der Waals surface area contributed by atoms with Gasteiger partial charge in [-0.2, -0.15) is 5.10 Å². The summed E-state index contributed by atoms with van der Waals surface area (Å²) in [6.45, 7) is 3.09. The third-order valence-corrected chi connectivity index (χ3v) is 1.55. The topological polar surface area (TPSA) is 111 Å². The lowest BCUT2D eigenvalue weighted by molar-refractivity contribution is -0.393. The summed E-state index contributed by atoms with van der Waals surface area (Å²) in [5.41, 5.74) is -1.62. The molecule has 0 aliphatic rings. The molecule has 0 amide bonds. The summed E-state index contributed by atoms with van der Waals surface area (Å²) in [6, 6.07) is -0.946. The van der Waals surface area contributed by atoms with E-state index in [1.165, 1.54) is 0 Å². The van der Waals surface area contributed by atoms with Crippen molar-refractivity contribution in [2.45, 2.75) is 13.8 Å². The van der Waals surface area contributed by atoms with E-state index in [0.29, 0.717) is 11.1 Å². The van der Waals surface area contributed by atoms with E-state index in [0.717, 1.165) is 6.07 Å². The first-order valence-electron chi connectivity index (χ1n) is 5.85. The van der Waals surface area contributed by atoms with Crippen molar-refractivity contribution in [2.75, 3.05) is 5.42 Å². The molecule has 1 rings (SSSR count). The highest BCUT2D eigenvalue weighted by molar-refractivity contribution is 5.80. The zero-order valence-electron chi connectivity index (χ0n) is 12.0. The first kappa shape index (κ1) is 8.62. The molecular weight excluding hydrogens is 228 g/mol. The van der Waals surface area contributed by atoms with E-state index in [1.807, 2.05) is 0 Å².